The van der Waals surface area contributed by atoms with Gasteiger partial charge in [-0.25, -0.2) is 9.59 Å². The van der Waals surface area contributed by atoms with Crippen LogP contribution < -0.4 is 5.32 Å². The molecule has 1 aliphatic rings. The number of carbonyl (C=O) groups is 3. The number of urea groups is 1. The number of nitrogens with zero attached hydrogens (tertiary/aromatic N) is 2. The van der Waals surface area contributed by atoms with Crippen LogP contribution in [0.3, 0.4) is 0 Å². The molecule has 1 saturated heterocycles. The fourth-order valence-corrected chi connectivity index (χ4v) is 3.58. The maximum Gasteiger partial charge on any atom is 0.490 e. The molecule has 1 aliphatic heterocycles. The van der Waals surface area contributed by atoms with Crippen LogP contribution in [-0.2, 0) is 16.1 Å². The molecule has 8 nitrogen and oxygen atoms in total. The summed E-state index contributed by atoms with van der Waals surface area (Å²) in [7, 11) is 0. The van der Waals surface area contributed by atoms with Crippen molar-refractivity contribution in [3.8, 4) is 0 Å². The summed E-state index contributed by atoms with van der Waals surface area (Å²) in [5.74, 6) is -4.20. The van der Waals surface area contributed by atoms with Gasteiger partial charge in [0.05, 0.1) is 17.5 Å². The van der Waals surface area contributed by atoms with E-state index in [4.69, 9.17) is 9.90 Å². The average molecular weight is 455 g/mol. The highest BCUT2D eigenvalue weighted by molar-refractivity contribution is 5.84. The topological polar surface area (TPSA) is 120 Å². The summed E-state index contributed by atoms with van der Waals surface area (Å²) in [5, 5.41) is 20.6. The monoisotopic (exact) mass is 455 g/mol. The number of hydrogen-bond donors (Lipinski definition) is 3. The highest BCUT2D eigenvalue weighted by atomic mass is 19.4. The molecule has 0 aliphatic carbocycles. The van der Waals surface area contributed by atoms with E-state index in [1.807, 2.05) is 44.2 Å². The average Bonchev–Trinajstić information content (AvgIpc) is 3.08. The first-order chi connectivity index (χ1) is 15.0. The molecule has 2 amide bonds. The number of carboxylic acids is 2. The first-order valence-corrected chi connectivity index (χ1v) is 9.87. The van der Waals surface area contributed by atoms with Gasteiger partial charge < -0.3 is 20.4 Å². The first kappa shape index (κ1) is 24.9. The largest absolute Gasteiger partial charge is 0.490 e. The Morgan fingerprint density at radius 2 is 1.88 bits per heavy atom. The van der Waals surface area contributed by atoms with Crippen molar-refractivity contribution in [2.45, 2.75) is 39.0 Å². The number of carbonyl (C=O) groups excluding carboxylic acids is 1. The zero-order valence-corrected chi connectivity index (χ0v) is 17.5. The Balaban J connectivity index is 0.000000451. The SMILES string of the molecule is CC[C@H](C)[C@H](C(=O)O)C1CNC(=O)N1Cc1ccnc2ccccc12.O=C(O)C(F)(F)F. The molecule has 1 unspecified atom stereocenters. The molecule has 2 heterocycles. The molecule has 1 fully saturated rings. The number of hydrogen-bond acceptors (Lipinski definition) is 4. The minimum Gasteiger partial charge on any atom is -0.481 e. The van der Waals surface area contributed by atoms with Crippen LogP contribution in [0.2, 0.25) is 0 Å². The van der Waals surface area contributed by atoms with Gasteiger partial charge in [-0.05, 0) is 23.6 Å². The van der Waals surface area contributed by atoms with Crippen LogP contribution in [0, 0.1) is 11.8 Å². The second-order valence-corrected chi connectivity index (χ2v) is 7.42. The van der Waals surface area contributed by atoms with E-state index in [1.54, 1.807) is 11.1 Å². The molecular formula is C21H24F3N3O5. The third-order valence-corrected chi connectivity index (χ3v) is 5.40. The van der Waals surface area contributed by atoms with Crippen molar-refractivity contribution in [1.82, 2.24) is 15.2 Å². The van der Waals surface area contributed by atoms with E-state index in [9.17, 15) is 27.9 Å². The van der Waals surface area contributed by atoms with Crippen molar-refractivity contribution in [3.63, 3.8) is 0 Å². The van der Waals surface area contributed by atoms with Gasteiger partial charge in [-0.2, -0.15) is 13.2 Å². The smallest absolute Gasteiger partial charge is 0.481 e. The van der Waals surface area contributed by atoms with Gasteiger partial charge in [-0.15, -0.1) is 0 Å². The van der Waals surface area contributed by atoms with Gasteiger partial charge in [-0.3, -0.25) is 9.78 Å². The Morgan fingerprint density at radius 1 is 1.25 bits per heavy atom. The van der Waals surface area contributed by atoms with Crippen LogP contribution in [0.4, 0.5) is 18.0 Å². The lowest BCUT2D eigenvalue weighted by atomic mass is 9.85. The lowest BCUT2D eigenvalue weighted by Gasteiger charge is -2.31. The Kier molecular flexibility index (Phi) is 8.01. The normalized spacial score (nSPS) is 17.8. The Morgan fingerprint density at radius 3 is 2.44 bits per heavy atom. The van der Waals surface area contributed by atoms with E-state index in [-0.39, 0.29) is 18.0 Å². The molecule has 0 radical (unpaired) electrons. The summed E-state index contributed by atoms with van der Waals surface area (Å²) >= 11 is 0. The van der Waals surface area contributed by atoms with E-state index < -0.39 is 24.0 Å². The summed E-state index contributed by atoms with van der Waals surface area (Å²) < 4.78 is 31.7. The van der Waals surface area contributed by atoms with Crippen LogP contribution in [0.1, 0.15) is 25.8 Å². The Labute approximate surface area is 182 Å². The molecule has 1 aromatic carbocycles. The lowest BCUT2D eigenvalue weighted by molar-refractivity contribution is -0.192. The predicted octanol–water partition coefficient (Wildman–Crippen LogP) is 3.51. The molecule has 3 atom stereocenters. The highest BCUT2D eigenvalue weighted by Crippen LogP contribution is 2.28. The Bertz CT molecular complexity index is 977. The van der Waals surface area contributed by atoms with Crippen molar-refractivity contribution in [1.29, 1.82) is 0 Å². The molecule has 32 heavy (non-hydrogen) atoms. The lowest BCUT2D eigenvalue weighted by Crippen LogP contribution is -2.44. The van der Waals surface area contributed by atoms with Gasteiger partial charge >= 0.3 is 24.1 Å². The molecular weight excluding hydrogens is 431 g/mol. The summed E-state index contributed by atoms with van der Waals surface area (Å²) in [6.07, 6.45) is -2.60. The highest BCUT2D eigenvalue weighted by Gasteiger charge is 2.42. The van der Waals surface area contributed by atoms with Crippen LogP contribution in [0.25, 0.3) is 10.9 Å². The van der Waals surface area contributed by atoms with Crippen LogP contribution in [-0.4, -0.2) is 56.8 Å². The number of aromatic nitrogens is 1. The predicted molar refractivity (Wildman–Crippen MR) is 109 cm³/mol. The van der Waals surface area contributed by atoms with Crippen molar-refractivity contribution < 1.29 is 37.8 Å². The van der Waals surface area contributed by atoms with E-state index >= 15 is 0 Å². The number of alkyl halides is 3. The van der Waals surface area contributed by atoms with Gasteiger partial charge in [-0.1, -0.05) is 38.5 Å². The van der Waals surface area contributed by atoms with Crippen LogP contribution >= 0.6 is 0 Å². The quantitative estimate of drug-likeness (QED) is 0.613. The fourth-order valence-electron chi connectivity index (χ4n) is 3.58. The summed E-state index contributed by atoms with van der Waals surface area (Å²) in [6, 6.07) is 9.10. The maximum atomic E-state index is 12.4. The van der Waals surface area contributed by atoms with Gasteiger partial charge in [0, 0.05) is 24.7 Å². The van der Waals surface area contributed by atoms with Gasteiger partial charge in [0.2, 0.25) is 0 Å². The third-order valence-electron chi connectivity index (χ3n) is 5.40. The van der Waals surface area contributed by atoms with Crippen LogP contribution in [0.5, 0.6) is 0 Å². The second-order valence-electron chi connectivity index (χ2n) is 7.42. The molecule has 0 bridgehead atoms. The number of halogens is 3. The first-order valence-electron chi connectivity index (χ1n) is 9.87. The fraction of sp³-hybridized carbons (Fsp3) is 0.429. The number of rotatable bonds is 6. The maximum absolute atomic E-state index is 12.4. The van der Waals surface area contributed by atoms with Crippen molar-refractivity contribution in [2.24, 2.45) is 11.8 Å². The van der Waals surface area contributed by atoms with E-state index in [0.717, 1.165) is 22.9 Å². The van der Waals surface area contributed by atoms with Gasteiger partial charge in [0.25, 0.3) is 0 Å². The zero-order chi connectivity index (χ0) is 24.1. The molecule has 0 spiro atoms. The molecule has 2 aromatic rings. The standard InChI is InChI=1S/C19H23N3O3.C2HF3O2/c1-3-12(2)17(18(23)24)16-10-21-19(25)22(16)11-13-8-9-20-15-7-5-4-6-14(13)15;3-2(4,5)1(6)7/h4-9,12,16-17H,3,10-11H2,1-2H3,(H,21,25)(H,23,24);(H,6,7)/t12-,16?,17-;/m0./s1. The number of fused-ring (bicyclic) bond motifs is 1. The summed E-state index contributed by atoms with van der Waals surface area (Å²) in [4.78, 5) is 39.1. The molecule has 0 saturated carbocycles. The molecule has 3 N–H and O–H groups in total. The van der Waals surface area contributed by atoms with E-state index in [0.29, 0.717) is 13.1 Å². The second kappa shape index (κ2) is 10.3. The number of nitrogens with one attached hydrogen (secondary N) is 1. The van der Waals surface area contributed by atoms with E-state index in [2.05, 4.69) is 10.3 Å². The van der Waals surface area contributed by atoms with E-state index in [1.165, 1.54) is 0 Å². The molecule has 11 heteroatoms. The van der Waals surface area contributed by atoms with Gasteiger partial charge in [0.15, 0.2) is 0 Å². The van der Waals surface area contributed by atoms with Gasteiger partial charge in [0.1, 0.15) is 0 Å². The van der Waals surface area contributed by atoms with Crippen molar-refractivity contribution >= 4 is 28.9 Å². The number of aliphatic carboxylic acids is 2. The molecule has 1 aromatic heterocycles. The number of carboxylic acid groups (broad SMARTS) is 2. The number of amides is 2. The third kappa shape index (κ3) is 5.86. The summed E-state index contributed by atoms with van der Waals surface area (Å²) in [6.45, 7) is 4.65. The molecule has 174 valence electrons. The molecule has 3 rings (SSSR count). The van der Waals surface area contributed by atoms with Crippen molar-refractivity contribution in [3.05, 3.63) is 42.1 Å². The van der Waals surface area contributed by atoms with Crippen molar-refractivity contribution in [2.75, 3.05) is 6.54 Å². The number of benzene rings is 1. The Hall–Kier alpha value is -3.37. The number of pyridine rings is 1. The van der Waals surface area contributed by atoms with Crippen LogP contribution in [0.15, 0.2) is 36.5 Å². The minimum atomic E-state index is -5.08. The number of para-hydroxylation sites is 1. The zero-order valence-electron chi connectivity index (χ0n) is 17.5. The summed E-state index contributed by atoms with van der Waals surface area (Å²) in [5.41, 5.74) is 1.84. The minimum absolute atomic E-state index is 0.00751.